The predicted molar refractivity (Wildman–Crippen MR) is 157 cm³/mol. The maximum atomic E-state index is 13.1. The van der Waals surface area contributed by atoms with E-state index in [4.69, 9.17) is 4.74 Å². The topological polar surface area (TPSA) is 93.2 Å². The van der Waals surface area contributed by atoms with Crippen LogP contribution in [0, 0.1) is 5.82 Å². The Labute approximate surface area is 233 Å². The fraction of sp³-hybridized carbons (Fsp3) is 0.161. The Morgan fingerprint density at radius 3 is 2.40 bits per heavy atom. The molecule has 0 radical (unpaired) electrons. The first-order valence-corrected chi connectivity index (χ1v) is 14.9. The number of hydrogen-bond donors (Lipinski definition) is 2. The molecular formula is C31H29FN4O3S. The van der Waals surface area contributed by atoms with E-state index < -0.39 is 9.84 Å². The van der Waals surface area contributed by atoms with Crippen molar-refractivity contribution in [1.29, 1.82) is 0 Å². The minimum atomic E-state index is -2.99. The number of rotatable bonds is 11. The lowest BCUT2D eigenvalue weighted by molar-refractivity contribution is 0.306. The molecule has 0 aliphatic heterocycles. The van der Waals surface area contributed by atoms with Crippen molar-refractivity contribution >= 4 is 32.2 Å². The van der Waals surface area contributed by atoms with E-state index in [0.717, 1.165) is 38.8 Å². The lowest BCUT2D eigenvalue weighted by Gasteiger charge is -2.12. The molecule has 0 unspecified atom stereocenters. The molecular weight excluding hydrogens is 527 g/mol. The molecule has 0 saturated heterocycles. The van der Waals surface area contributed by atoms with Gasteiger partial charge in [0.1, 0.15) is 40.2 Å². The van der Waals surface area contributed by atoms with Gasteiger partial charge in [-0.25, -0.2) is 22.8 Å². The maximum Gasteiger partial charge on any atom is 0.148 e. The first-order chi connectivity index (χ1) is 19.3. The average Bonchev–Trinajstić information content (AvgIpc) is 2.95. The van der Waals surface area contributed by atoms with Crippen molar-refractivity contribution in [2.24, 2.45) is 0 Å². The van der Waals surface area contributed by atoms with Crippen molar-refractivity contribution in [2.45, 2.75) is 13.2 Å². The van der Waals surface area contributed by atoms with Crippen LogP contribution in [-0.2, 0) is 23.0 Å². The van der Waals surface area contributed by atoms with E-state index in [1.54, 1.807) is 12.1 Å². The minimum absolute atomic E-state index is 0.110. The Morgan fingerprint density at radius 2 is 1.62 bits per heavy atom. The van der Waals surface area contributed by atoms with Gasteiger partial charge in [0.05, 0.1) is 11.3 Å². The van der Waals surface area contributed by atoms with Gasteiger partial charge < -0.3 is 15.4 Å². The molecule has 204 valence electrons. The van der Waals surface area contributed by atoms with E-state index in [-0.39, 0.29) is 11.6 Å². The van der Waals surface area contributed by atoms with E-state index in [9.17, 15) is 12.8 Å². The Hall–Kier alpha value is -4.34. The number of hydrogen-bond acceptors (Lipinski definition) is 7. The highest BCUT2D eigenvalue weighted by Gasteiger charge is 2.08. The number of fused-ring (bicyclic) bond motifs is 1. The summed E-state index contributed by atoms with van der Waals surface area (Å²) in [7, 11) is -2.99. The number of ether oxygens (including phenoxy) is 1. The van der Waals surface area contributed by atoms with E-state index >= 15 is 0 Å². The lowest BCUT2D eigenvalue weighted by atomic mass is 10.0. The minimum Gasteiger partial charge on any atom is -0.489 e. The fourth-order valence-corrected chi connectivity index (χ4v) is 4.72. The van der Waals surface area contributed by atoms with Gasteiger partial charge in [-0.1, -0.05) is 36.4 Å². The molecule has 9 heteroatoms. The maximum absolute atomic E-state index is 13.1. The van der Waals surface area contributed by atoms with Crippen LogP contribution in [0.2, 0.25) is 0 Å². The van der Waals surface area contributed by atoms with Crippen molar-refractivity contribution in [3.63, 3.8) is 0 Å². The van der Waals surface area contributed by atoms with Crippen LogP contribution in [0.1, 0.15) is 11.1 Å². The van der Waals surface area contributed by atoms with Crippen molar-refractivity contribution < 1.29 is 17.5 Å². The van der Waals surface area contributed by atoms with Crippen LogP contribution in [0.15, 0.2) is 97.3 Å². The monoisotopic (exact) mass is 556 g/mol. The SMILES string of the molecule is CS(=O)(=O)CCNCc1cccc(-c2ccc3ncnc(Nc4ccc(OCc5ccc(F)cc5)cc4)c3c2)c1. The molecule has 5 rings (SSSR count). The van der Waals surface area contributed by atoms with Crippen LogP contribution < -0.4 is 15.4 Å². The molecule has 0 saturated carbocycles. The molecule has 0 bridgehead atoms. The lowest BCUT2D eigenvalue weighted by Crippen LogP contribution is -2.21. The smallest absolute Gasteiger partial charge is 0.148 e. The summed E-state index contributed by atoms with van der Waals surface area (Å²) in [4.78, 5) is 8.91. The third-order valence-corrected chi connectivity index (χ3v) is 7.26. The standard InChI is InChI=1S/C31H29FN4O3S/c1-40(37,38)16-15-33-19-23-3-2-4-24(17-23)25-7-14-30-29(18-25)31(35-21-34-30)36-27-10-12-28(13-11-27)39-20-22-5-8-26(32)9-6-22/h2-14,17-18,21,33H,15-16,19-20H2,1H3,(H,34,35,36). The molecule has 40 heavy (non-hydrogen) atoms. The van der Waals surface area contributed by atoms with E-state index in [0.29, 0.717) is 31.3 Å². The molecule has 0 amide bonds. The predicted octanol–water partition coefficient (Wildman–Crippen LogP) is 5.89. The summed E-state index contributed by atoms with van der Waals surface area (Å²) in [5, 5.41) is 7.46. The van der Waals surface area contributed by atoms with Gasteiger partial charge in [-0.2, -0.15) is 0 Å². The molecule has 0 aliphatic rings. The third kappa shape index (κ3) is 7.40. The summed E-state index contributed by atoms with van der Waals surface area (Å²) in [6.45, 7) is 1.34. The van der Waals surface area contributed by atoms with Gasteiger partial charge in [0.2, 0.25) is 0 Å². The zero-order valence-electron chi connectivity index (χ0n) is 22.0. The van der Waals surface area contributed by atoms with Gasteiger partial charge in [0, 0.05) is 30.4 Å². The van der Waals surface area contributed by atoms with Crippen LogP contribution in [-0.4, -0.2) is 36.9 Å². The normalized spacial score (nSPS) is 11.4. The molecule has 0 fully saturated rings. The molecule has 7 nitrogen and oxygen atoms in total. The van der Waals surface area contributed by atoms with Crippen LogP contribution in [0.25, 0.3) is 22.0 Å². The van der Waals surface area contributed by atoms with Crippen LogP contribution >= 0.6 is 0 Å². The highest BCUT2D eigenvalue weighted by molar-refractivity contribution is 7.90. The van der Waals surface area contributed by atoms with Crippen molar-refractivity contribution in [3.8, 4) is 16.9 Å². The van der Waals surface area contributed by atoms with Gasteiger partial charge in [0.15, 0.2) is 0 Å². The van der Waals surface area contributed by atoms with E-state index in [1.807, 2.05) is 54.6 Å². The summed E-state index contributed by atoms with van der Waals surface area (Å²) in [6.07, 6.45) is 2.77. The van der Waals surface area contributed by atoms with Crippen LogP contribution in [0.5, 0.6) is 5.75 Å². The summed E-state index contributed by atoms with van der Waals surface area (Å²) in [6, 6.07) is 28.0. The number of nitrogens with one attached hydrogen (secondary N) is 2. The number of anilines is 2. The quantitative estimate of drug-likeness (QED) is 0.196. The molecule has 4 aromatic carbocycles. The largest absolute Gasteiger partial charge is 0.489 e. The van der Waals surface area contributed by atoms with Gasteiger partial charge in [-0.15, -0.1) is 0 Å². The molecule has 0 spiro atoms. The van der Waals surface area contributed by atoms with Gasteiger partial charge in [0.25, 0.3) is 0 Å². The zero-order valence-corrected chi connectivity index (χ0v) is 22.8. The second-order valence-corrected chi connectivity index (χ2v) is 11.8. The summed E-state index contributed by atoms with van der Waals surface area (Å²) >= 11 is 0. The number of halogens is 1. The Morgan fingerprint density at radius 1 is 0.850 bits per heavy atom. The molecule has 1 aromatic heterocycles. The first-order valence-electron chi connectivity index (χ1n) is 12.8. The van der Waals surface area contributed by atoms with Crippen molar-refractivity contribution in [1.82, 2.24) is 15.3 Å². The molecule has 0 aliphatic carbocycles. The van der Waals surface area contributed by atoms with Gasteiger partial charge >= 0.3 is 0 Å². The molecule has 5 aromatic rings. The van der Waals surface area contributed by atoms with Crippen LogP contribution in [0.3, 0.4) is 0 Å². The number of benzene rings is 4. The van der Waals surface area contributed by atoms with E-state index in [1.165, 1.54) is 24.7 Å². The fourth-order valence-electron chi connectivity index (χ4n) is 4.21. The molecule has 0 atom stereocenters. The Balaban J connectivity index is 1.28. The first kappa shape index (κ1) is 27.2. The zero-order chi connectivity index (χ0) is 28.0. The van der Waals surface area contributed by atoms with Crippen molar-refractivity contribution in [3.05, 3.63) is 114 Å². The second-order valence-electron chi connectivity index (χ2n) is 9.53. The second kappa shape index (κ2) is 12.2. The Bertz CT molecular complexity index is 1710. The average molecular weight is 557 g/mol. The molecule has 1 heterocycles. The molecule has 2 N–H and O–H groups in total. The van der Waals surface area contributed by atoms with Crippen molar-refractivity contribution in [2.75, 3.05) is 23.9 Å². The van der Waals surface area contributed by atoms with Crippen LogP contribution in [0.4, 0.5) is 15.9 Å². The number of nitrogens with zero attached hydrogens (tertiary/aromatic N) is 2. The van der Waals surface area contributed by atoms with Gasteiger partial charge in [-0.05, 0) is 76.9 Å². The van der Waals surface area contributed by atoms with Gasteiger partial charge in [-0.3, -0.25) is 0 Å². The summed E-state index contributed by atoms with van der Waals surface area (Å²) in [5.41, 5.74) is 5.69. The highest BCUT2D eigenvalue weighted by atomic mass is 32.2. The number of aromatic nitrogens is 2. The summed E-state index contributed by atoms with van der Waals surface area (Å²) in [5.74, 6) is 1.23. The number of sulfone groups is 1. The van der Waals surface area contributed by atoms with E-state index in [2.05, 4.69) is 32.7 Å². The third-order valence-electron chi connectivity index (χ3n) is 6.31. The summed E-state index contributed by atoms with van der Waals surface area (Å²) < 4.78 is 41.6. The Kier molecular flexibility index (Phi) is 8.33. The highest BCUT2D eigenvalue weighted by Crippen LogP contribution is 2.29.